The molecule has 1 aliphatic rings. The molecule has 26 heavy (non-hydrogen) atoms. The number of aromatic nitrogens is 6. The quantitative estimate of drug-likeness (QED) is 0.615. The molecule has 0 radical (unpaired) electrons. The number of fused-ring (bicyclic) bond motifs is 1. The molecule has 7 nitrogen and oxygen atoms in total. The van der Waals surface area contributed by atoms with Gasteiger partial charge in [-0.15, -0.1) is 10.2 Å². The lowest BCUT2D eigenvalue weighted by molar-refractivity contribution is 0.273. The third-order valence-corrected chi connectivity index (χ3v) is 4.71. The van der Waals surface area contributed by atoms with Crippen LogP contribution in [0, 0.1) is 0 Å². The summed E-state index contributed by atoms with van der Waals surface area (Å²) >= 11 is 0. The molecular weight excluding hydrogens is 333 g/mol. The molecule has 130 valence electrons. The highest BCUT2D eigenvalue weighted by atomic mass is 19.1. The van der Waals surface area contributed by atoms with Crippen molar-refractivity contribution in [2.45, 2.75) is 6.17 Å². The van der Waals surface area contributed by atoms with Crippen LogP contribution in [-0.2, 0) is 7.05 Å². The van der Waals surface area contributed by atoms with Gasteiger partial charge >= 0.3 is 0 Å². The van der Waals surface area contributed by atoms with E-state index in [-0.39, 0.29) is 0 Å². The largest absolute Gasteiger partial charge is 0.351 e. The average molecular weight is 349 g/mol. The number of pyridine rings is 1. The summed E-state index contributed by atoms with van der Waals surface area (Å²) in [6.07, 6.45) is 2.65. The van der Waals surface area contributed by atoms with Crippen LogP contribution in [0.5, 0.6) is 0 Å². The van der Waals surface area contributed by atoms with Crippen molar-refractivity contribution < 1.29 is 4.39 Å². The average Bonchev–Trinajstić information content (AvgIpc) is 3.24. The van der Waals surface area contributed by atoms with Crippen molar-refractivity contribution in [1.29, 1.82) is 0 Å². The van der Waals surface area contributed by atoms with E-state index >= 15 is 0 Å². The van der Waals surface area contributed by atoms with Gasteiger partial charge in [-0.25, -0.2) is 9.37 Å². The Balaban J connectivity index is 1.59. The second-order valence-electron chi connectivity index (χ2n) is 6.50. The zero-order chi connectivity index (χ0) is 17.7. The standard InChI is InChI=1S/C18H16FN7/c1-25-10-21-24-18(25)12-2-3-15-14(6-12)17(23-22-15)11-4-5-20-16(7-11)26-8-13(19)9-26/h2-7,10,13H,8-9H2,1H3,(H,22,23). The maximum atomic E-state index is 13.1. The maximum Gasteiger partial charge on any atom is 0.163 e. The second kappa shape index (κ2) is 5.62. The molecule has 4 heterocycles. The first-order valence-corrected chi connectivity index (χ1v) is 8.37. The lowest BCUT2D eigenvalue weighted by Crippen LogP contribution is -2.48. The van der Waals surface area contributed by atoms with E-state index in [1.165, 1.54) is 0 Å². The summed E-state index contributed by atoms with van der Waals surface area (Å²) in [6.45, 7) is 0.794. The zero-order valence-corrected chi connectivity index (χ0v) is 14.1. The number of nitrogens with one attached hydrogen (secondary N) is 1. The lowest BCUT2D eigenvalue weighted by Gasteiger charge is -2.35. The van der Waals surface area contributed by atoms with E-state index < -0.39 is 6.17 Å². The molecule has 1 saturated heterocycles. The fourth-order valence-electron chi connectivity index (χ4n) is 3.27. The summed E-state index contributed by atoms with van der Waals surface area (Å²) in [4.78, 5) is 6.28. The van der Waals surface area contributed by atoms with Gasteiger partial charge in [0.1, 0.15) is 24.0 Å². The van der Waals surface area contributed by atoms with Gasteiger partial charge in [0, 0.05) is 29.8 Å². The number of H-pyrrole nitrogens is 1. The van der Waals surface area contributed by atoms with Gasteiger partial charge in [0.05, 0.1) is 18.6 Å². The fraction of sp³-hybridized carbons (Fsp3) is 0.222. The van der Waals surface area contributed by atoms with Gasteiger partial charge in [0.2, 0.25) is 0 Å². The number of halogens is 1. The van der Waals surface area contributed by atoms with Crippen LogP contribution in [0.4, 0.5) is 10.2 Å². The first-order valence-electron chi connectivity index (χ1n) is 8.37. The summed E-state index contributed by atoms with van der Waals surface area (Å²) in [7, 11) is 1.91. The number of nitrogens with zero attached hydrogens (tertiary/aromatic N) is 6. The molecule has 0 aliphatic carbocycles. The highest BCUT2D eigenvalue weighted by Crippen LogP contribution is 2.31. The summed E-state index contributed by atoms with van der Waals surface area (Å²) in [5.41, 5.74) is 3.69. The van der Waals surface area contributed by atoms with Crippen LogP contribution in [0.25, 0.3) is 33.5 Å². The molecule has 0 amide bonds. The van der Waals surface area contributed by atoms with Gasteiger partial charge in [-0.05, 0) is 30.3 Å². The van der Waals surface area contributed by atoms with Crippen LogP contribution in [0.15, 0.2) is 42.9 Å². The third kappa shape index (κ3) is 2.33. The Kier molecular flexibility index (Phi) is 3.24. The Hall–Kier alpha value is -3.29. The summed E-state index contributed by atoms with van der Waals surface area (Å²) in [5.74, 6) is 1.57. The Labute approximate surface area is 148 Å². The lowest BCUT2D eigenvalue weighted by atomic mass is 10.1. The van der Waals surface area contributed by atoms with Gasteiger partial charge in [0.25, 0.3) is 0 Å². The minimum absolute atomic E-state index is 0.397. The van der Waals surface area contributed by atoms with E-state index in [1.807, 2.05) is 40.8 Å². The molecule has 0 saturated carbocycles. The minimum atomic E-state index is -0.763. The normalized spacial score (nSPS) is 14.8. The molecular formula is C18H16FN7. The van der Waals surface area contributed by atoms with E-state index in [4.69, 9.17) is 0 Å². The summed E-state index contributed by atoms with van der Waals surface area (Å²) in [5, 5.41) is 16.7. The van der Waals surface area contributed by atoms with Crippen LogP contribution < -0.4 is 4.90 Å². The van der Waals surface area contributed by atoms with Gasteiger partial charge in [-0.1, -0.05) is 0 Å². The van der Waals surface area contributed by atoms with Crippen molar-refractivity contribution in [3.63, 3.8) is 0 Å². The molecule has 0 spiro atoms. The number of aromatic amines is 1. The van der Waals surface area contributed by atoms with E-state index in [0.29, 0.717) is 13.1 Å². The molecule has 1 N–H and O–H groups in total. The summed E-state index contributed by atoms with van der Waals surface area (Å²) in [6, 6.07) is 9.91. The molecule has 0 bridgehead atoms. The molecule has 3 aromatic heterocycles. The smallest absolute Gasteiger partial charge is 0.163 e. The minimum Gasteiger partial charge on any atom is -0.351 e. The molecule has 4 aromatic rings. The SMILES string of the molecule is Cn1cnnc1-c1ccc2[nH]nc(-c3ccnc(N4CC(F)C4)c3)c2c1. The van der Waals surface area contributed by atoms with E-state index in [1.54, 1.807) is 12.5 Å². The summed E-state index contributed by atoms with van der Waals surface area (Å²) < 4.78 is 15.0. The van der Waals surface area contributed by atoms with E-state index in [2.05, 4.69) is 31.4 Å². The van der Waals surface area contributed by atoms with Gasteiger partial charge in [-0.2, -0.15) is 5.10 Å². The first kappa shape index (κ1) is 15.0. The number of anilines is 1. The van der Waals surface area contributed by atoms with Crippen molar-refractivity contribution in [1.82, 2.24) is 29.9 Å². The van der Waals surface area contributed by atoms with Crippen LogP contribution in [0.3, 0.4) is 0 Å². The molecule has 8 heteroatoms. The molecule has 5 rings (SSSR count). The Morgan fingerprint density at radius 2 is 2.04 bits per heavy atom. The molecule has 1 fully saturated rings. The topological polar surface area (TPSA) is 75.5 Å². The molecule has 0 unspecified atom stereocenters. The van der Waals surface area contributed by atoms with Crippen molar-refractivity contribution in [2.75, 3.05) is 18.0 Å². The van der Waals surface area contributed by atoms with Crippen molar-refractivity contribution >= 4 is 16.7 Å². The number of hydrogen-bond acceptors (Lipinski definition) is 5. The van der Waals surface area contributed by atoms with Gasteiger partial charge in [-0.3, -0.25) is 5.10 Å². The van der Waals surface area contributed by atoms with Crippen molar-refractivity contribution in [2.24, 2.45) is 7.05 Å². The number of aryl methyl sites for hydroxylation is 1. The van der Waals surface area contributed by atoms with Crippen LogP contribution in [0.1, 0.15) is 0 Å². The number of rotatable bonds is 3. The molecule has 1 aromatic carbocycles. The van der Waals surface area contributed by atoms with E-state index in [9.17, 15) is 4.39 Å². The van der Waals surface area contributed by atoms with Crippen molar-refractivity contribution in [3.05, 3.63) is 42.9 Å². The second-order valence-corrected chi connectivity index (χ2v) is 6.50. The van der Waals surface area contributed by atoms with Crippen LogP contribution in [0.2, 0.25) is 0 Å². The van der Waals surface area contributed by atoms with Crippen molar-refractivity contribution in [3.8, 4) is 22.6 Å². The number of benzene rings is 1. The van der Waals surface area contributed by atoms with Crippen LogP contribution >= 0.6 is 0 Å². The fourth-order valence-corrected chi connectivity index (χ4v) is 3.27. The molecule has 1 aliphatic heterocycles. The Morgan fingerprint density at radius 1 is 1.15 bits per heavy atom. The monoisotopic (exact) mass is 349 g/mol. The third-order valence-electron chi connectivity index (χ3n) is 4.71. The molecule has 0 atom stereocenters. The van der Waals surface area contributed by atoms with Gasteiger partial charge < -0.3 is 9.47 Å². The van der Waals surface area contributed by atoms with Gasteiger partial charge in [0.15, 0.2) is 5.82 Å². The first-order chi connectivity index (χ1) is 12.7. The van der Waals surface area contributed by atoms with E-state index in [0.717, 1.165) is 39.4 Å². The van der Waals surface area contributed by atoms with Crippen LogP contribution in [-0.4, -0.2) is 49.2 Å². The number of hydrogen-bond donors (Lipinski definition) is 1. The Bertz CT molecular complexity index is 1090. The predicted molar refractivity (Wildman–Crippen MR) is 96.4 cm³/mol. The number of alkyl halides is 1. The predicted octanol–water partition coefficient (Wildman–Crippen LogP) is 2.58. The highest BCUT2D eigenvalue weighted by Gasteiger charge is 2.27. The highest BCUT2D eigenvalue weighted by molar-refractivity contribution is 5.95. The Morgan fingerprint density at radius 3 is 2.81 bits per heavy atom. The zero-order valence-electron chi connectivity index (χ0n) is 14.1. The maximum absolute atomic E-state index is 13.1.